The number of amides is 2. The highest BCUT2D eigenvalue weighted by atomic mass is 35.5. The predicted octanol–water partition coefficient (Wildman–Crippen LogP) is 4.41. The molecule has 0 spiro atoms. The Kier molecular flexibility index (Phi) is 7.47. The molecule has 1 aliphatic heterocycles. The van der Waals surface area contributed by atoms with E-state index in [9.17, 15) is 14.0 Å². The van der Waals surface area contributed by atoms with Crippen molar-refractivity contribution in [2.45, 2.75) is 6.42 Å². The van der Waals surface area contributed by atoms with E-state index < -0.39 is 17.6 Å². The summed E-state index contributed by atoms with van der Waals surface area (Å²) in [6, 6.07) is 10.1. The number of rotatable bonds is 7. The van der Waals surface area contributed by atoms with Crippen molar-refractivity contribution < 1.29 is 18.7 Å². The second kappa shape index (κ2) is 10.9. The lowest BCUT2D eigenvalue weighted by Crippen LogP contribution is -2.32. The van der Waals surface area contributed by atoms with Crippen LogP contribution in [0.3, 0.4) is 0 Å². The van der Waals surface area contributed by atoms with Crippen molar-refractivity contribution in [1.29, 1.82) is 0 Å². The van der Waals surface area contributed by atoms with Crippen LogP contribution in [0.15, 0.2) is 53.8 Å². The zero-order valence-corrected chi connectivity index (χ0v) is 20.0. The number of nitrogens with zero attached hydrogens (tertiary/aromatic N) is 3. The molecule has 3 aromatic rings. The molecule has 2 amide bonds. The van der Waals surface area contributed by atoms with E-state index in [1.807, 2.05) is 5.01 Å². The van der Waals surface area contributed by atoms with Crippen LogP contribution in [-0.4, -0.2) is 48.2 Å². The topological polar surface area (TPSA) is 95.9 Å². The Morgan fingerprint density at radius 3 is 2.56 bits per heavy atom. The third-order valence-corrected chi connectivity index (χ3v) is 5.60. The minimum Gasteiger partial charge on any atom is -0.495 e. The molecular weight excluding hydrogens is 485 g/mol. The second-order valence-corrected chi connectivity index (χ2v) is 8.24. The summed E-state index contributed by atoms with van der Waals surface area (Å²) >= 11 is 5.85. The third kappa shape index (κ3) is 5.62. The van der Waals surface area contributed by atoms with Crippen molar-refractivity contribution in [1.82, 2.24) is 9.99 Å². The number of hydrazone groups is 1. The fraction of sp³-hybridized carbons (Fsp3) is 0.154. The molecule has 1 fully saturated rings. The highest BCUT2D eigenvalue weighted by Gasteiger charge is 2.22. The zero-order chi connectivity index (χ0) is 25.7. The van der Waals surface area contributed by atoms with Crippen molar-refractivity contribution in [2.24, 2.45) is 5.10 Å². The van der Waals surface area contributed by atoms with Crippen LogP contribution in [0.2, 0.25) is 5.02 Å². The Bertz CT molecular complexity index is 1380. The Morgan fingerprint density at radius 2 is 1.94 bits per heavy atom. The van der Waals surface area contributed by atoms with E-state index >= 15 is 0 Å². The van der Waals surface area contributed by atoms with Gasteiger partial charge in [0.05, 0.1) is 35.2 Å². The molecule has 0 unspecified atom stereocenters. The average Bonchev–Trinajstić information content (AvgIpc) is 2.84. The highest BCUT2D eigenvalue weighted by Crippen LogP contribution is 2.32. The Hall–Kier alpha value is -4.42. The van der Waals surface area contributed by atoms with Crippen LogP contribution >= 0.6 is 11.6 Å². The number of carbonyl (C=O) groups is 2. The summed E-state index contributed by atoms with van der Waals surface area (Å²) in [5.74, 6) is 0.672. The van der Waals surface area contributed by atoms with Crippen molar-refractivity contribution in [2.75, 3.05) is 30.8 Å². The van der Waals surface area contributed by atoms with E-state index in [0.717, 1.165) is 19.5 Å². The molecule has 0 atom stereocenters. The number of nitrogens with one attached hydrogen (secondary N) is 2. The summed E-state index contributed by atoms with van der Waals surface area (Å²) in [6.07, 6.45) is 9.52. The molecule has 8 nitrogen and oxygen atoms in total. The number of methoxy groups -OCH3 is 1. The molecule has 0 saturated carbocycles. The van der Waals surface area contributed by atoms with Crippen LogP contribution in [0.1, 0.15) is 38.3 Å². The Labute approximate surface area is 212 Å². The van der Waals surface area contributed by atoms with Gasteiger partial charge in [-0.1, -0.05) is 23.6 Å². The number of anilines is 2. The zero-order valence-electron chi connectivity index (χ0n) is 19.2. The van der Waals surface area contributed by atoms with Gasteiger partial charge in [0.2, 0.25) is 0 Å². The van der Waals surface area contributed by atoms with E-state index in [1.54, 1.807) is 18.3 Å². The number of carbonyl (C=O) groups excluding carboxylic acids is 2. The van der Waals surface area contributed by atoms with Gasteiger partial charge < -0.3 is 15.4 Å². The smallest absolute Gasteiger partial charge is 0.259 e. The number of halogens is 2. The molecule has 1 aliphatic rings. The van der Waals surface area contributed by atoms with E-state index in [2.05, 4.69) is 26.6 Å². The maximum Gasteiger partial charge on any atom is 0.259 e. The SMILES string of the molecule is C#Cc1cc(OC)c(NC(=O)c2ccc(C=NN3CCC3)cc2F)c(C(=O)Nc2ccc(Cl)cn2)c1. The van der Waals surface area contributed by atoms with Gasteiger partial charge in [0, 0.05) is 24.8 Å². The largest absolute Gasteiger partial charge is 0.495 e. The molecule has 2 N–H and O–H groups in total. The first-order chi connectivity index (χ1) is 17.4. The van der Waals surface area contributed by atoms with Crippen molar-refractivity contribution in [3.63, 3.8) is 0 Å². The minimum atomic E-state index is -0.774. The summed E-state index contributed by atoms with van der Waals surface area (Å²) in [4.78, 5) is 30.1. The molecule has 36 heavy (non-hydrogen) atoms. The van der Waals surface area contributed by atoms with Crippen LogP contribution in [-0.2, 0) is 0 Å². The number of pyridine rings is 1. The molecule has 1 aromatic heterocycles. The first kappa shape index (κ1) is 24.7. The summed E-state index contributed by atoms with van der Waals surface area (Å²) in [6.45, 7) is 1.73. The molecule has 10 heteroatoms. The fourth-order valence-corrected chi connectivity index (χ4v) is 3.45. The average molecular weight is 506 g/mol. The van der Waals surface area contributed by atoms with Gasteiger partial charge in [-0.3, -0.25) is 14.6 Å². The number of terminal acetylenes is 1. The number of hydrogen-bond acceptors (Lipinski definition) is 6. The van der Waals surface area contributed by atoms with Gasteiger partial charge >= 0.3 is 0 Å². The number of benzene rings is 2. The van der Waals surface area contributed by atoms with Gasteiger partial charge in [-0.05, 0) is 48.4 Å². The van der Waals surface area contributed by atoms with Crippen LogP contribution in [0.4, 0.5) is 15.9 Å². The molecule has 2 heterocycles. The van der Waals surface area contributed by atoms with E-state index in [0.29, 0.717) is 16.1 Å². The van der Waals surface area contributed by atoms with Gasteiger partial charge in [0.15, 0.2) is 0 Å². The van der Waals surface area contributed by atoms with E-state index in [4.69, 9.17) is 22.8 Å². The lowest BCUT2D eigenvalue weighted by Gasteiger charge is -2.27. The predicted molar refractivity (Wildman–Crippen MR) is 136 cm³/mol. The van der Waals surface area contributed by atoms with Gasteiger partial charge in [0.25, 0.3) is 11.8 Å². The van der Waals surface area contributed by atoms with Crippen molar-refractivity contribution >= 4 is 41.1 Å². The lowest BCUT2D eigenvalue weighted by molar-refractivity contribution is 0.102. The number of hydrogen-bond donors (Lipinski definition) is 2. The van der Waals surface area contributed by atoms with Gasteiger partial charge in [0.1, 0.15) is 17.4 Å². The van der Waals surface area contributed by atoms with Crippen LogP contribution < -0.4 is 15.4 Å². The third-order valence-electron chi connectivity index (χ3n) is 5.38. The molecule has 0 bridgehead atoms. The first-order valence-corrected chi connectivity index (χ1v) is 11.3. The molecule has 182 valence electrons. The standard InChI is InChI=1S/C26H21ClFN5O3/c1-3-16-11-20(26(35)31-23-8-6-18(27)15-29-23)24(22(13-16)36-2)32-25(34)19-7-5-17(12-21(19)28)14-30-33-9-4-10-33/h1,5-8,11-15H,4,9-10H2,2H3,(H,32,34)(H,29,31,35). The summed E-state index contributed by atoms with van der Waals surface area (Å²) in [5, 5.41) is 11.7. The molecule has 4 rings (SSSR count). The molecule has 0 radical (unpaired) electrons. The van der Waals surface area contributed by atoms with Gasteiger partial charge in [-0.15, -0.1) is 6.42 Å². The Morgan fingerprint density at radius 1 is 1.17 bits per heavy atom. The van der Waals surface area contributed by atoms with E-state index in [-0.39, 0.29) is 28.4 Å². The molecule has 0 aliphatic carbocycles. The Balaban J connectivity index is 1.62. The number of aromatic nitrogens is 1. The second-order valence-electron chi connectivity index (χ2n) is 7.81. The van der Waals surface area contributed by atoms with Gasteiger partial charge in [-0.2, -0.15) is 5.10 Å². The lowest BCUT2D eigenvalue weighted by atomic mass is 10.1. The minimum absolute atomic E-state index is 0.00566. The van der Waals surface area contributed by atoms with E-state index in [1.165, 1.54) is 43.6 Å². The molecule has 1 saturated heterocycles. The first-order valence-electron chi connectivity index (χ1n) is 10.9. The van der Waals surface area contributed by atoms with Crippen LogP contribution in [0.5, 0.6) is 5.75 Å². The van der Waals surface area contributed by atoms with Crippen molar-refractivity contribution in [3.8, 4) is 18.1 Å². The number of ether oxygens (including phenoxy) is 1. The maximum absolute atomic E-state index is 14.8. The summed E-state index contributed by atoms with van der Waals surface area (Å²) < 4.78 is 20.2. The highest BCUT2D eigenvalue weighted by molar-refractivity contribution is 6.30. The molecular formula is C26H21ClFN5O3. The monoisotopic (exact) mass is 505 g/mol. The fourth-order valence-electron chi connectivity index (χ4n) is 3.34. The van der Waals surface area contributed by atoms with Crippen molar-refractivity contribution in [3.05, 3.63) is 81.8 Å². The maximum atomic E-state index is 14.8. The summed E-state index contributed by atoms with van der Waals surface area (Å²) in [7, 11) is 1.36. The quantitative estimate of drug-likeness (QED) is 0.366. The summed E-state index contributed by atoms with van der Waals surface area (Å²) in [5.41, 5.74) is 0.672. The van der Waals surface area contributed by atoms with Crippen LogP contribution in [0.25, 0.3) is 0 Å². The van der Waals surface area contributed by atoms with Crippen LogP contribution in [0, 0.1) is 18.2 Å². The molecule has 2 aromatic carbocycles. The normalized spacial score (nSPS) is 12.6. The van der Waals surface area contributed by atoms with Gasteiger partial charge in [-0.25, -0.2) is 9.37 Å².